The average Bonchev–Trinajstić information content (AvgIpc) is 2.44. The van der Waals surface area contributed by atoms with Crippen molar-refractivity contribution in [1.29, 1.82) is 0 Å². The molecule has 4 heteroatoms. The molecule has 1 aliphatic rings. The van der Waals surface area contributed by atoms with E-state index in [1.54, 1.807) is 0 Å². The number of rotatable bonds is 4. The van der Waals surface area contributed by atoms with Crippen LogP contribution in [0, 0.1) is 0 Å². The van der Waals surface area contributed by atoms with E-state index in [9.17, 15) is 4.79 Å². The summed E-state index contributed by atoms with van der Waals surface area (Å²) in [5.74, 6) is 0.176. The summed E-state index contributed by atoms with van der Waals surface area (Å²) >= 11 is 5.59. The first-order valence-corrected chi connectivity index (χ1v) is 5.89. The molecular weight excluding hydrogens is 212 g/mol. The van der Waals surface area contributed by atoms with Gasteiger partial charge >= 0.3 is 0 Å². The number of hydrogen-bond acceptors (Lipinski definition) is 2. The fourth-order valence-electron chi connectivity index (χ4n) is 1.74. The summed E-state index contributed by atoms with van der Waals surface area (Å²) in [5, 5.41) is 3.52. The van der Waals surface area contributed by atoms with E-state index in [1.807, 2.05) is 4.90 Å². The fourth-order valence-corrected chi connectivity index (χ4v) is 1.83. The van der Waals surface area contributed by atoms with E-state index in [1.165, 1.54) is 12.8 Å². The van der Waals surface area contributed by atoms with Crippen LogP contribution >= 0.6 is 11.6 Å². The molecule has 0 aliphatic carbocycles. The maximum atomic E-state index is 11.7. The lowest BCUT2D eigenvalue weighted by atomic mass is 10.2. The van der Waals surface area contributed by atoms with Gasteiger partial charge in [0.25, 0.3) is 0 Å². The molecule has 15 heavy (non-hydrogen) atoms. The Morgan fingerprint density at radius 3 is 2.33 bits per heavy atom. The summed E-state index contributed by atoms with van der Waals surface area (Å²) in [6, 6.07) is 0. The van der Waals surface area contributed by atoms with E-state index in [0.29, 0.717) is 18.1 Å². The molecule has 1 aliphatic heterocycles. The summed E-state index contributed by atoms with van der Waals surface area (Å²) < 4.78 is 0. The van der Waals surface area contributed by atoms with Gasteiger partial charge in [0.05, 0.1) is 6.54 Å². The summed E-state index contributed by atoms with van der Waals surface area (Å²) in [7, 11) is 0. The summed E-state index contributed by atoms with van der Waals surface area (Å²) in [4.78, 5) is 13.7. The van der Waals surface area contributed by atoms with Gasteiger partial charge in [0.2, 0.25) is 5.91 Å². The van der Waals surface area contributed by atoms with Gasteiger partial charge in [-0.15, -0.1) is 0 Å². The molecule has 0 saturated carbocycles. The number of halogens is 1. The van der Waals surface area contributed by atoms with Crippen molar-refractivity contribution in [3.8, 4) is 0 Å². The zero-order valence-electron chi connectivity index (χ0n) is 9.10. The minimum absolute atomic E-state index is 0.176. The van der Waals surface area contributed by atoms with E-state index < -0.39 is 0 Å². The summed E-state index contributed by atoms with van der Waals surface area (Å²) in [6.45, 7) is 6.24. The van der Waals surface area contributed by atoms with Crippen molar-refractivity contribution in [2.75, 3.05) is 26.2 Å². The molecule has 1 rings (SSSR count). The summed E-state index contributed by atoms with van der Waals surface area (Å²) in [5.41, 5.74) is 0. The van der Waals surface area contributed by atoms with E-state index in [2.05, 4.69) is 11.9 Å². The highest BCUT2D eigenvalue weighted by molar-refractivity contribution is 6.29. The van der Waals surface area contributed by atoms with Crippen LogP contribution in [0.15, 0.2) is 11.6 Å². The molecule has 0 aromatic carbocycles. The number of hydrogen-bond donors (Lipinski definition) is 1. The maximum absolute atomic E-state index is 11.7. The second-order valence-corrected chi connectivity index (χ2v) is 4.45. The van der Waals surface area contributed by atoms with Crippen LogP contribution in [0.5, 0.6) is 0 Å². The molecule has 1 heterocycles. The topological polar surface area (TPSA) is 32.3 Å². The van der Waals surface area contributed by atoms with Crippen LogP contribution in [-0.4, -0.2) is 37.0 Å². The molecule has 0 radical (unpaired) electrons. The molecule has 0 atom stereocenters. The van der Waals surface area contributed by atoms with Crippen LogP contribution in [0.4, 0.5) is 0 Å². The first kappa shape index (κ1) is 12.5. The number of nitrogens with one attached hydrogen (secondary N) is 1. The third-order valence-corrected chi connectivity index (χ3v) is 2.69. The van der Waals surface area contributed by atoms with Crippen molar-refractivity contribution in [3.05, 3.63) is 11.6 Å². The SMILES string of the molecule is C=C(Cl)CNCC(=O)N1CCCCCC1. The van der Waals surface area contributed by atoms with Gasteiger partial charge in [-0.2, -0.15) is 0 Å². The molecule has 0 bridgehead atoms. The van der Waals surface area contributed by atoms with Crippen molar-refractivity contribution in [1.82, 2.24) is 10.2 Å². The molecule has 3 nitrogen and oxygen atoms in total. The normalized spacial score (nSPS) is 17.3. The largest absolute Gasteiger partial charge is 0.342 e. The van der Waals surface area contributed by atoms with Gasteiger partial charge in [-0.05, 0) is 12.8 Å². The van der Waals surface area contributed by atoms with E-state index in [-0.39, 0.29) is 5.91 Å². The van der Waals surface area contributed by atoms with Crippen LogP contribution in [0.25, 0.3) is 0 Å². The zero-order valence-corrected chi connectivity index (χ0v) is 9.85. The fraction of sp³-hybridized carbons (Fsp3) is 0.727. The van der Waals surface area contributed by atoms with E-state index >= 15 is 0 Å². The van der Waals surface area contributed by atoms with Crippen LogP contribution in [0.3, 0.4) is 0 Å². The van der Waals surface area contributed by atoms with Crippen molar-refractivity contribution >= 4 is 17.5 Å². The maximum Gasteiger partial charge on any atom is 0.236 e. The minimum Gasteiger partial charge on any atom is -0.342 e. The molecule has 1 fully saturated rings. The van der Waals surface area contributed by atoms with Gasteiger partial charge < -0.3 is 10.2 Å². The smallest absolute Gasteiger partial charge is 0.236 e. The van der Waals surface area contributed by atoms with Gasteiger partial charge in [0.1, 0.15) is 0 Å². The zero-order chi connectivity index (χ0) is 11.1. The lowest BCUT2D eigenvalue weighted by Gasteiger charge is -2.20. The van der Waals surface area contributed by atoms with E-state index in [4.69, 9.17) is 11.6 Å². The highest BCUT2D eigenvalue weighted by Crippen LogP contribution is 2.09. The third kappa shape index (κ3) is 5.19. The lowest BCUT2D eigenvalue weighted by molar-refractivity contribution is -0.130. The Bertz CT molecular complexity index is 223. The highest BCUT2D eigenvalue weighted by Gasteiger charge is 2.14. The Balaban J connectivity index is 2.22. The van der Waals surface area contributed by atoms with Gasteiger partial charge in [-0.1, -0.05) is 31.0 Å². The molecule has 1 N–H and O–H groups in total. The van der Waals surface area contributed by atoms with Crippen LogP contribution in [0.2, 0.25) is 0 Å². The lowest BCUT2D eigenvalue weighted by Crippen LogP contribution is -2.39. The Morgan fingerprint density at radius 1 is 1.20 bits per heavy atom. The quantitative estimate of drug-likeness (QED) is 0.798. The predicted molar refractivity (Wildman–Crippen MR) is 62.9 cm³/mol. The number of nitrogens with zero attached hydrogens (tertiary/aromatic N) is 1. The Labute approximate surface area is 96.5 Å². The Morgan fingerprint density at radius 2 is 1.80 bits per heavy atom. The van der Waals surface area contributed by atoms with E-state index in [0.717, 1.165) is 25.9 Å². The molecule has 0 unspecified atom stereocenters. The second kappa shape index (κ2) is 6.85. The molecule has 0 spiro atoms. The highest BCUT2D eigenvalue weighted by atomic mass is 35.5. The van der Waals surface area contributed by atoms with Gasteiger partial charge in [0, 0.05) is 24.7 Å². The molecule has 86 valence electrons. The molecule has 0 aromatic heterocycles. The standard InChI is InChI=1S/C11H19ClN2O/c1-10(12)8-13-9-11(15)14-6-4-2-3-5-7-14/h13H,1-9H2. The number of amides is 1. The second-order valence-electron chi connectivity index (χ2n) is 3.92. The molecule has 1 saturated heterocycles. The van der Waals surface area contributed by atoms with Gasteiger partial charge in [-0.25, -0.2) is 0 Å². The van der Waals surface area contributed by atoms with Crippen molar-refractivity contribution in [2.45, 2.75) is 25.7 Å². The molecule has 0 aromatic rings. The van der Waals surface area contributed by atoms with Crippen LogP contribution in [-0.2, 0) is 4.79 Å². The van der Waals surface area contributed by atoms with Crippen molar-refractivity contribution in [2.24, 2.45) is 0 Å². The van der Waals surface area contributed by atoms with Gasteiger partial charge in [0.15, 0.2) is 0 Å². The molecular formula is C11H19ClN2O. The first-order valence-electron chi connectivity index (χ1n) is 5.52. The van der Waals surface area contributed by atoms with Crippen molar-refractivity contribution in [3.63, 3.8) is 0 Å². The monoisotopic (exact) mass is 230 g/mol. The van der Waals surface area contributed by atoms with Crippen molar-refractivity contribution < 1.29 is 4.79 Å². The first-order chi connectivity index (χ1) is 7.20. The third-order valence-electron chi connectivity index (χ3n) is 2.55. The number of carbonyl (C=O) groups is 1. The summed E-state index contributed by atoms with van der Waals surface area (Å²) in [6.07, 6.45) is 4.76. The predicted octanol–water partition coefficient (Wildman–Crippen LogP) is 1.73. The van der Waals surface area contributed by atoms with Gasteiger partial charge in [-0.3, -0.25) is 4.79 Å². The number of likely N-dealkylation sites (tertiary alicyclic amines) is 1. The molecule has 1 amide bonds. The minimum atomic E-state index is 0.176. The van der Waals surface area contributed by atoms with Crippen LogP contribution < -0.4 is 5.32 Å². The van der Waals surface area contributed by atoms with Crippen LogP contribution in [0.1, 0.15) is 25.7 Å². The Hall–Kier alpha value is -0.540. The number of carbonyl (C=O) groups excluding carboxylic acids is 1. The average molecular weight is 231 g/mol. The Kier molecular flexibility index (Phi) is 5.73.